The summed E-state index contributed by atoms with van der Waals surface area (Å²) in [5.41, 5.74) is 1.43. The number of piperazine rings is 1. The minimum atomic E-state index is -0.346. The molecule has 0 bridgehead atoms. The number of carbonyl (C=O) groups is 2. The zero-order valence-corrected chi connectivity index (χ0v) is 11.1. The van der Waals surface area contributed by atoms with Crippen LogP contribution in [0.3, 0.4) is 0 Å². The average molecular weight is 262 g/mol. The van der Waals surface area contributed by atoms with E-state index in [1.807, 2.05) is 13.0 Å². The van der Waals surface area contributed by atoms with Crippen LogP contribution in [0.15, 0.2) is 18.3 Å². The van der Waals surface area contributed by atoms with E-state index in [1.165, 1.54) is 0 Å². The lowest BCUT2D eigenvalue weighted by Gasteiger charge is -2.32. The topological polar surface area (TPSA) is 74.3 Å². The van der Waals surface area contributed by atoms with Crippen LogP contribution in [-0.2, 0) is 4.79 Å². The van der Waals surface area contributed by atoms with Crippen molar-refractivity contribution in [2.75, 3.05) is 26.7 Å². The first kappa shape index (κ1) is 13.5. The Labute approximate surface area is 112 Å². The van der Waals surface area contributed by atoms with E-state index in [0.717, 1.165) is 5.69 Å². The molecule has 0 saturated carbocycles. The van der Waals surface area contributed by atoms with E-state index in [9.17, 15) is 9.59 Å². The van der Waals surface area contributed by atoms with Crippen molar-refractivity contribution in [3.8, 4) is 0 Å². The summed E-state index contributed by atoms with van der Waals surface area (Å²) >= 11 is 0. The second-order valence-electron chi connectivity index (χ2n) is 4.56. The third-order valence-electron chi connectivity index (χ3n) is 3.18. The van der Waals surface area contributed by atoms with E-state index in [4.69, 9.17) is 0 Å². The summed E-state index contributed by atoms with van der Waals surface area (Å²) in [6.07, 6.45) is 1.58. The lowest BCUT2D eigenvalue weighted by Crippen LogP contribution is -2.57. The van der Waals surface area contributed by atoms with Crippen molar-refractivity contribution in [2.45, 2.75) is 13.0 Å². The molecule has 102 valence electrons. The number of likely N-dealkylation sites (N-methyl/N-ethyl adjacent to an activating group) is 1. The van der Waals surface area contributed by atoms with Crippen LogP contribution < -0.4 is 10.6 Å². The van der Waals surface area contributed by atoms with Crippen LogP contribution in [-0.4, -0.2) is 54.4 Å². The van der Waals surface area contributed by atoms with Gasteiger partial charge in [0, 0.05) is 38.6 Å². The highest BCUT2D eigenvalue weighted by Gasteiger charge is 2.27. The fourth-order valence-corrected chi connectivity index (χ4v) is 2.06. The molecule has 2 N–H and O–H groups in total. The van der Waals surface area contributed by atoms with E-state index in [0.29, 0.717) is 25.2 Å². The predicted molar refractivity (Wildman–Crippen MR) is 70.7 cm³/mol. The van der Waals surface area contributed by atoms with Gasteiger partial charge in [0.25, 0.3) is 5.91 Å². The summed E-state index contributed by atoms with van der Waals surface area (Å²) in [5.74, 6) is -0.178. The molecule has 1 aromatic heterocycles. The zero-order valence-electron chi connectivity index (χ0n) is 11.1. The standard InChI is InChI=1S/C13H18N4O2/c1-9-3-4-10(7-16-9)13(19)17-6-5-15-11(8-17)12(18)14-2/h3-4,7,11,15H,5-6,8H2,1-2H3,(H,14,18)/t11-/m0/s1. The fourth-order valence-electron chi connectivity index (χ4n) is 2.06. The summed E-state index contributed by atoms with van der Waals surface area (Å²) in [6, 6.07) is 3.23. The summed E-state index contributed by atoms with van der Waals surface area (Å²) in [7, 11) is 1.59. The van der Waals surface area contributed by atoms with Crippen molar-refractivity contribution in [3.63, 3.8) is 0 Å². The number of aromatic nitrogens is 1. The van der Waals surface area contributed by atoms with Gasteiger partial charge in [-0.15, -0.1) is 0 Å². The van der Waals surface area contributed by atoms with E-state index >= 15 is 0 Å². The third kappa shape index (κ3) is 3.08. The Morgan fingerprint density at radius 2 is 2.26 bits per heavy atom. The van der Waals surface area contributed by atoms with Gasteiger partial charge in [0.05, 0.1) is 5.56 Å². The maximum Gasteiger partial charge on any atom is 0.255 e. The highest BCUT2D eigenvalue weighted by atomic mass is 16.2. The third-order valence-corrected chi connectivity index (χ3v) is 3.18. The van der Waals surface area contributed by atoms with E-state index in [2.05, 4.69) is 15.6 Å². The van der Waals surface area contributed by atoms with Crippen LogP contribution in [0.4, 0.5) is 0 Å². The summed E-state index contributed by atoms with van der Waals surface area (Å²) in [6.45, 7) is 3.47. The van der Waals surface area contributed by atoms with Crippen molar-refractivity contribution < 1.29 is 9.59 Å². The number of nitrogens with one attached hydrogen (secondary N) is 2. The predicted octanol–water partition coefficient (Wildman–Crippen LogP) is -0.450. The molecule has 6 nitrogen and oxygen atoms in total. The van der Waals surface area contributed by atoms with Gasteiger partial charge in [-0.1, -0.05) is 0 Å². The molecule has 2 rings (SSSR count). The molecule has 0 aliphatic carbocycles. The minimum absolute atomic E-state index is 0.0806. The molecule has 1 aliphatic rings. The number of nitrogens with zero attached hydrogens (tertiary/aromatic N) is 2. The molecule has 1 aliphatic heterocycles. The van der Waals surface area contributed by atoms with E-state index < -0.39 is 0 Å². The lowest BCUT2D eigenvalue weighted by atomic mass is 10.1. The van der Waals surface area contributed by atoms with Crippen molar-refractivity contribution >= 4 is 11.8 Å². The van der Waals surface area contributed by atoms with E-state index in [-0.39, 0.29) is 17.9 Å². The van der Waals surface area contributed by atoms with Crippen molar-refractivity contribution in [3.05, 3.63) is 29.6 Å². The van der Waals surface area contributed by atoms with Gasteiger partial charge in [-0.3, -0.25) is 14.6 Å². The van der Waals surface area contributed by atoms with Crippen LogP contribution in [0.25, 0.3) is 0 Å². The van der Waals surface area contributed by atoms with Crippen molar-refractivity contribution in [2.24, 2.45) is 0 Å². The molecule has 2 heterocycles. The van der Waals surface area contributed by atoms with Gasteiger partial charge < -0.3 is 15.5 Å². The fraction of sp³-hybridized carbons (Fsp3) is 0.462. The normalized spacial score (nSPS) is 19.1. The number of amides is 2. The highest BCUT2D eigenvalue weighted by molar-refractivity contribution is 5.94. The number of rotatable bonds is 2. The highest BCUT2D eigenvalue weighted by Crippen LogP contribution is 2.08. The molecule has 0 aromatic carbocycles. The largest absolute Gasteiger partial charge is 0.358 e. The van der Waals surface area contributed by atoms with Crippen LogP contribution in [0.1, 0.15) is 16.1 Å². The Hall–Kier alpha value is -1.95. The van der Waals surface area contributed by atoms with Crippen LogP contribution in [0, 0.1) is 6.92 Å². The molecular weight excluding hydrogens is 244 g/mol. The van der Waals surface area contributed by atoms with Gasteiger partial charge in [0.1, 0.15) is 6.04 Å². The summed E-state index contributed by atoms with van der Waals surface area (Å²) < 4.78 is 0. The van der Waals surface area contributed by atoms with Crippen LogP contribution >= 0.6 is 0 Å². The van der Waals surface area contributed by atoms with Gasteiger partial charge in [0.2, 0.25) is 5.91 Å². The Kier molecular flexibility index (Phi) is 4.11. The van der Waals surface area contributed by atoms with Gasteiger partial charge in [-0.25, -0.2) is 0 Å². The molecule has 0 unspecified atom stereocenters. The number of aryl methyl sites for hydroxylation is 1. The monoisotopic (exact) mass is 262 g/mol. The Bertz CT molecular complexity index is 472. The average Bonchev–Trinajstić information content (AvgIpc) is 2.46. The number of hydrogen-bond donors (Lipinski definition) is 2. The maximum absolute atomic E-state index is 12.3. The molecule has 1 aromatic rings. The molecule has 1 fully saturated rings. The maximum atomic E-state index is 12.3. The minimum Gasteiger partial charge on any atom is -0.358 e. The summed E-state index contributed by atoms with van der Waals surface area (Å²) in [4.78, 5) is 29.7. The number of pyridine rings is 1. The number of carbonyl (C=O) groups excluding carboxylic acids is 2. The lowest BCUT2D eigenvalue weighted by molar-refractivity contribution is -0.123. The first-order valence-corrected chi connectivity index (χ1v) is 6.28. The quantitative estimate of drug-likeness (QED) is 0.757. The van der Waals surface area contributed by atoms with Crippen LogP contribution in [0.5, 0.6) is 0 Å². The first-order chi connectivity index (χ1) is 9.11. The van der Waals surface area contributed by atoms with Gasteiger partial charge >= 0.3 is 0 Å². The molecule has 1 atom stereocenters. The van der Waals surface area contributed by atoms with Crippen molar-refractivity contribution in [1.29, 1.82) is 0 Å². The van der Waals surface area contributed by atoms with E-state index in [1.54, 1.807) is 24.2 Å². The second kappa shape index (κ2) is 5.79. The Morgan fingerprint density at radius 3 is 2.89 bits per heavy atom. The SMILES string of the molecule is CNC(=O)[C@@H]1CN(C(=O)c2ccc(C)nc2)CCN1. The zero-order chi connectivity index (χ0) is 13.8. The summed E-state index contributed by atoms with van der Waals surface area (Å²) in [5, 5.41) is 5.68. The molecule has 19 heavy (non-hydrogen) atoms. The molecule has 2 amide bonds. The smallest absolute Gasteiger partial charge is 0.255 e. The Balaban J connectivity index is 2.06. The van der Waals surface area contributed by atoms with Crippen LogP contribution in [0.2, 0.25) is 0 Å². The number of hydrogen-bond acceptors (Lipinski definition) is 4. The Morgan fingerprint density at radius 1 is 1.47 bits per heavy atom. The molecule has 0 spiro atoms. The second-order valence-corrected chi connectivity index (χ2v) is 4.56. The van der Waals surface area contributed by atoms with Gasteiger partial charge in [-0.2, -0.15) is 0 Å². The molecule has 1 saturated heterocycles. The van der Waals surface area contributed by atoms with Crippen molar-refractivity contribution in [1.82, 2.24) is 20.5 Å². The molecule has 0 radical (unpaired) electrons. The van der Waals surface area contributed by atoms with Gasteiger partial charge in [0.15, 0.2) is 0 Å². The molecular formula is C13H18N4O2. The molecule has 6 heteroatoms. The first-order valence-electron chi connectivity index (χ1n) is 6.28. The van der Waals surface area contributed by atoms with Gasteiger partial charge in [-0.05, 0) is 19.1 Å².